The maximum Gasteiger partial charge on any atom is 0.261 e. The molecule has 0 aliphatic heterocycles. The molecule has 5 nitrogen and oxygen atoms in total. The van der Waals surface area contributed by atoms with Crippen LogP contribution in [-0.4, -0.2) is 34.5 Å². The molecule has 1 aromatic heterocycles. The maximum absolute atomic E-state index is 12.6. The SMILES string of the molecule is CCC(Cl)c1nc2ccccc2c(=O)n1CC(=O)N(C)C. The van der Waals surface area contributed by atoms with E-state index in [2.05, 4.69) is 4.98 Å². The molecule has 1 heterocycles. The number of aromatic nitrogens is 2. The van der Waals surface area contributed by atoms with Crippen molar-refractivity contribution in [1.82, 2.24) is 14.5 Å². The molecule has 0 aliphatic rings. The average molecular weight is 308 g/mol. The highest BCUT2D eigenvalue weighted by Gasteiger charge is 2.19. The number of likely N-dealkylation sites (N-methyl/N-ethyl adjacent to an activating group) is 1. The third kappa shape index (κ3) is 3.08. The van der Waals surface area contributed by atoms with Crippen LogP contribution in [0.2, 0.25) is 0 Å². The fourth-order valence-electron chi connectivity index (χ4n) is 2.04. The van der Waals surface area contributed by atoms with Crippen molar-refractivity contribution in [3.63, 3.8) is 0 Å². The highest BCUT2D eigenvalue weighted by molar-refractivity contribution is 6.20. The highest BCUT2D eigenvalue weighted by atomic mass is 35.5. The van der Waals surface area contributed by atoms with Crippen LogP contribution in [0.5, 0.6) is 0 Å². The van der Waals surface area contributed by atoms with E-state index in [-0.39, 0.29) is 18.0 Å². The summed E-state index contributed by atoms with van der Waals surface area (Å²) in [7, 11) is 3.30. The first-order chi connectivity index (χ1) is 9.95. The molecule has 0 radical (unpaired) electrons. The zero-order valence-electron chi connectivity index (χ0n) is 12.3. The molecule has 1 unspecified atom stereocenters. The summed E-state index contributed by atoms with van der Waals surface area (Å²) in [5.74, 6) is 0.272. The van der Waals surface area contributed by atoms with Gasteiger partial charge in [-0.2, -0.15) is 0 Å². The van der Waals surface area contributed by atoms with Gasteiger partial charge in [0.25, 0.3) is 5.56 Å². The number of amides is 1. The van der Waals surface area contributed by atoms with Crippen molar-refractivity contribution in [2.45, 2.75) is 25.3 Å². The summed E-state index contributed by atoms with van der Waals surface area (Å²) in [6, 6.07) is 7.09. The van der Waals surface area contributed by atoms with Gasteiger partial charge in [-0.05, 0) is 18.6 Å². The fourth-order valence-corrected chi connectivity index (χ4v) is 2.20. The molecule has 6 heteroatoms. The Morgan fingerprint density at radius 2 is 2.05 bits per heavy atom. The van der Waals surface area contributed by atoms with Crippen molar-refractivity contribution in [3.05, 3.63) is 40.4 Å². The summed E-state index contributed by atoms with van der Waals surface area (Å²) >= 11 is 6.28. The number of fused-ring (bicyclic) bond motifs is 1. The monoisotopic (exact) mass is 307 g/mol. The molecule has 0 saturated heterocycles. The van der Waals surface area contributed by atoms with Gasteiger partial charge < -0.3 is 4.90 Å². The number of halogens is 1. The summed E-state index contributed by atoms with van der Waals surface area (Å²) in [4.78, 5) is 30.5. The average Bonchev–Trinajstić information content (AvgIpc) is 2.48. The van der Waals surface area contributed by atoms with E-state index in [0.29, 0.717) is 23.1 Å². The van der Waals surface area contributed by atoms with Gasteiger partial charge in [0.15, 0.2) is 0 Å². The van der Waals surface area contributed by atoms with E-state index >= 15 is 0 Å². The van der Waals surface area contributed by atoms with Gasteiger partial charge in [-0.25, -0.2) is 4.98 Å². The highest BCUT2D eigenvalue weighted by Crippen LogP contribution is 2.22. The van der Waals surface area contributed by atoms with Gasteiger partial charge in [-0.3, -0.25) is 14.2 Å². The first-order valence-corrected chi connectivity index (χ1v) is 7.23. The minimum atomic E-state index is -0.405. The van der Waals surface area contributed by atoms with E-state index in [9.17, 15) is 9.59 Å². The second-order valence-corrected chi connectivity index (χ2v) is 5.57. The number of hydrogen-bond donors (Lipinski definition) is 0. The molecule has 21 heavy (non-hydrogen) atoms. The molecular weight excluding hydrogens is 290 g/mol. The van der Waals surface area contributed by atoms with Crippen molar-refractivity contribution in [3.8, 4) is 0 Å². The summed E-state index contributed by atoms with van der Waals surface area (Å²) in [5.41, 5.74) is 0.370. The summed E-state index contributed by atoms with van der Waals surface area (Å²) < 4.78 is 1.38. The van der Waals surface area contributed by atoms with Gasteiger partial charge in [0.2, 0.25) is 5.91 Å². The first-order valence-electron chi connectivity index (χ1n) is 6.79. The van der Waals surface area contributed by atoms with Crippen LogP contribution in [0.4, 0.5) is 0 Å². The number of carbonyl (C=O) groups excluding carboxylic acids is 1. The van der Waals surface area contributed by atoms with Crippen LogP contribution in [0.1, 0.15) is 24.5 Å². The molecule has 0 spiro atoms. The van der Waals surface area contributed by atoms with E-state index in [1.54, 1.807) is 32.3 Å². The van der Waals surface area contributed by atoms with Gasteiger partial charge in [-0.1, -0.05) is 19.1 Å². The Morgan fingerprint density at radius 3 is 2.67 bits per heavy atom. The number of benzene rings is 1. The Balaban J connectivity index is 2.67. The quantitative estimate of drug-likeness (QED) is 0.814. The van der Waals surface area contributed by atoms with Gasteiger partial charge in [0.05, 0.1) is 16.3 Å². The van der Waals surface area contributed by atoms with Crippen molar-refractivity contribution < 1.29 is 4.79 Å². The Kier molecular flexibility index (Phi) is 4.63. The molecule has 0 saturated carbocycles. The van der Waals surface area contributed by atoms with Crippen LogP contribution in [0, 0.1) is 0 Å². The molecule has 112 valence electrons. The summed E-state index contributed by atoms with van der Waals surface area (Å²) in [6.07, 6.45) is 0.627. The first kappa shape index (κ1) is 15.5. The minimum Gasteiger partial charge on any atom is -0.347 e. The standard InChI is InChI=1S/C15H18ClN3O2/c1-4-11(16)14-17-12-8-6-5-7-10(12)15(21)19(14)9-13(20)18(2)3/h5-8,11H,4,9H2,1-3H3. The molecule has 0 N–H and O–H groups in total. The molecule has 2 rings (SSSR count). The van der Waals surface area contributed by atoms with Crippen LogP contribution < -0.4 is 5.56 Å². The molecule has 0 aliphatic carbocycles. The minimum absolute atomic E-state index is 0.0534. The van der Waals surface area contributed by atoms with Gasteiger partial charge in [0, 0.05) is 14.1 Å². The number of alkyl halides is 1. The number of rotatable bonds is 4. The predicted octanol–water partition coefficient (Wildman–Crippen LogP) is 2.17. The second-order valence-electron chi connectivity index (χ2n) is 5.04. The van der Waals surface area contributed by atoms with Crippen LogP contribution in [0.25, 0.3) is 10.9 Å². The van der Waals surface area contributed by atoms with E-state index < -0.39 is 5.38 Å². The van der Waals surface area contributed by atoms with Gasteiger partial charge in [0.1, 0.15) is 12.4 Å². The van der Waals surface area contributed by atoms with Crippen LogP contribution >= 0.6 is 11.6 Å². The van der Waals surface area contributed by atoms with E-state index in [1.807, 2.05) is 13.0 Å². The van der Waals surface area contributed by atoms with Crippen molar-refractivity contribution in [2.75, 3.05) is 14.1 Å². The molecular formula is C15H18ClN3O2. The molecule has 1 atom stereocenters. The number of hydrogen-bond acceptors (Lipinski definition) is 3. The van der Waals surface area contributed by atoms with Gasteiger partial charge >= 0.3 is 0 Å². The van der Waals surface area contributed by atoms with Crippen molar-refractivity contribution in [2.24, 2.45) is 0 Å². The smallest absolute Gasteiger partial charge is 0.261 e. The molecule has 2 aromatic rings. The fraction of sp³-hybridized carbons (Fsp3) is 0.400. The molecule has 0 fully saturated rings. The largest absolute Gasteiger partial charge is 0.347 e. The maximum atomic E-state index is 12.6. The number of nitrogens with zero attached hydrogens (tertiary/aromatic N) is 3. The lowest BCUT2D eigenvalue weighted by atomic mass is 10.2. The van der Waals surface area contributed by atoms with E-state index in [4.69, 9.17) is 11.6 Å². The van der Waals surface area contributed by atoms with Crippen LogP contribution in [-0.2, 0) is 11.3 Å². The molecule has 1 aromatic carbocycles. The number of carbonyl (C=O) groups is 1. The lowest BCUT2D eigenvalue weighted by molar-refractivity contribution is -0.129. The predicted molar refractivity (Wildman–Crippen MR) is 83.6 cm³/mol. The third-order valence-electron chi connectivity index (χ3n) is 3.32. The zero-order valence-corrected chi connectivity index (χ0v) is 13.1. The normalized spacial score (nSPS) is 12.4. The zero-order chi connectivity index (χ0) is 15.6. The molecule has 1 amide bonds. The Labute approximate surface area is 128 Å². The van der Waals surface area contributed by atoms with E-state index in [0.717, 1.165) is 0 Å². The van der Waals surface area contributed by atoms with Crippen molar-refractivity contribution in [1.29, 1.82) is 0 Å². The van der Waals surface area contributed by atoms with Crippen LogP contribution in [0.3, 0.4) is 0 Å². The van der Waals surface area contributed by atoms with Crippen LogP contribution in [0.15, 0.2) is 29.1 Å². The molecule has 0 bridgehead atoms. The second kappa shape index (κ2) is 6.26. The summed E-state index contributed by atoms with van der Waals surface area (Å²) in [5, 5.41) is 0.0880. The topological polar surface area (TPSA) is 55.2 Å². The lowest BCUT2D eigenvalue weighted by Gasteiger charge is -2.17. The third-order valence-corrected chi connectivity index (χ3v) is 3.83. The Morgan fingerprint density at radius 1 is 1.38 bits per heavy atom. The number of para-hydroxylation sites is 1. The van der Waals surface area contributed by atoms with Crippen molar-refractivity contribution >= 4 is 28.4 Å². The summed E-state index contributed by atoms with van der Waals surface area (Å²) in [6.45, 7) is 1.86. The Hall–Kier alpha value is -1.88. The Bertz CT molecular complexity index is 724. The van der Waals surface area contributed by atoms with Gasteiger partial charge in [-0.15, -0.1) is 11.6 Å². The van der Waals surface area contributed by atoms with E-state index in [1.165, 1.54) is 9.47 Å². The lowest BCUT2D eigenvalue weighted by Crippen LogP contribution is -2.34.